The molecular formula is C27H35NO4S. The van der Waals surface area contributed by atoms with Gasteiger partial charge in [-0.3, -0.25) is 9.08 Å². The largest absolute Gasteiger partial charge is 0.496 e. The van der Waals surface area contributed by atoms with Crippen LogP contribution >= 0.6 is 0 Å². The maximum atomic E-state index is 12.3. The summed E-state index contributed by atoms with van der Waals surface area (Å²) in [4.78, 5) is 2.50. The number of hydrogen-bond acceptors (Lipinski definition) is 5. The summed E-state index contributed by atoms with van der Waals surface area (Å²) in [5, 5.41) is 2.40. The number of ether oxygens (including phenoxy) is 1. The Balaban J connectivity index is 1.71. The Hall–Kier alpha value is -2.41. The molecule has 0 saturated heterocycles. The van der Waals surface area contributed by atoms with E-state index in [4.69, 9.17) is 8.92 Å². The van der Waals surface area contributed by atoms with E-state index in [0.717, 1.165) is 24.3 Å². The predicted octanol–water partition coefficient (Wildman–Crippen LogP) is 5.97. The number of methoxy groups -OCH3 is 1. The lowest BCUT2D eigenvalue weighted by Gasteiger charge is -2.33. The molecule has 0 spiro atoms. The summed E-state index contributed by atoms with van der Waals surface area (Å²) in [6.45, 7) is 7.45. The Morgan fingerprint density at radius 1 is 1.03 bits per heavy atom. The normalized spacial score (nSPS) is 13.9. The lowest BCUT2D eigenvalue weighted by Crippen LogP contribution is -2.31. The van der Waals surface area contributed by atoms with Gasteiger partial charge in [-0.1, -0.05) is 56.7 Å². The van der Waals surface area contributed by atoms with E-state index < -0.39 is 10.1 Å². The summed E-state index contributed by atoms with van der Waals surface area (Å²) < 4.78 is 35.4. The second kappa shape index (κ2) is 11.1. The molecule has 0 heterocycles. The molecule has 0 bridgehead atoms. The SMILES string of the molecule is CCC(C)C(c1ccc2c(C)c(OC)ccc2c1)N(C)CCCOS(=O)(=O)c1ccccc1. The molecule has 5 nitrogen and oxygen atoms in total. The molecule has 0 N–H and O–H groups in total. The van der Waals surface area contributed by atoms with Gasteiger partial charge in [0, 0.05) is 12.6 Å². The van der Waals surface area contributed by atoms with E-state index in [1.165, 1.54) is 16.3 Å². The van der Waals surface area contributed by atoms with Gasteiger partial charge >= 0.3 is 0 Å². The second-order valence-corrected chi connectivity index (χ2v) is 10.2. The van der Waals surface area contributed by atoms with Gasteiger partial charge in [0.15, 0.2) is 0 Å². The maximum Gasteiger partial charge on any atom is 0.296 e. The standard InChI is InChI=1S/C27H35NO4S/c1-6-20(2)27(23-13-15-25-21(3)26(31-5)16-14-22(25)19-23)28(4)17-10-18-32-33(29,30)24-11-8-7-9-12-24/h7-9,11-16,19-20,27H,6,10,17-18H2,1-5H3. The van der Waals surface area contributed by atoms with Crippen molar-refractivity contribution in [1.82, 2.24) is 4.90 Å². The van der Waals surface area contributed by atoms with Crippen LogP contribution in [-0.2, 0) is 14.3 Å². The summed E-state index contributed by atoms with van der Waals surface area (Å²) >= 11 is 0. The summed E-state index contributed by atoms with van der Waals surface area (Å²) in [5.41, 5.74) is 2.41. The van der Waals surface area contributed by atoms with E-state index in [0.29, 0.717) is 12.3 Å². The molecule has 0 saturated carbocycles. The average molecular weight is 470 g/mol. The van der Waals surface area contributed by atoms with E-state index in [2.05, 4.69) is 57.0 Å². The first-order valence-electron chi connectivity index (χ1n) is 11.5. The lowest BCUT2D eigenvalue weighted by atomic mass is 9.89. The molecule has 0 radical (unpaired) electrons. The van der Waals surface area contributed by atoms with Crippen molar-refractivity contribution in [3.63, 3.8) is 0 Å². The molecule has 0 aliphatic rings. The zero-order valence-electron chi connectivity index (χ0n) is 20.2. The van der Waals surface area contributed by atoms with Crippen LogP contribution in [0.2, 0.25) is 0 Å². The smallest absolute Gasteiger partial charge is 0.296 e. The highest BCUT2D eigenvalue weighted by Gasteiger charge is 2.23. The quantitative estimate of drug-likeness (QED) is 0.256. The molecule has 0 aliphatic heterocycles. The molecule has 33 heavy (non-hydrogen) atoms. The van der Waals surface area contributed by atoms with Crippen LogP contribution in [0.25, 0.3) is 10.8 Å². The molecule has 3 rings (SSSR count). The number of aryl methyl sites for hydroxylation is 1. The van der Waals surface area contributed by atoms with Crippen molar-refractivity contribution in [3.8, 4) is 5.75 Å². The molecule has 0 aromatic heterocycles. The third-order valence-corrected chi connectivity index (χ3v) is 7.73. The molecule has 2 atom stereocenters. The van der Waals surface area contributed by atoms with Gasteiger partial charge < -0.3 is 4.74 Å². The van der Waals surface area contributed by atoms with Crippen LogP contribution in [-0.4, -0.2) is 40.6 Å². The summed E-state index contributed by atoms with van der Waals surface area (Å²) in [6.07, 6.45) is 1.67. The second-order valence-electron chi connectivity index (χ2n) is 8.63. The third kappa shape index (κ3) is 5.94. The zero-order chi connectivity index (χ0) is 24.0. The monoisotopic (exact) mass is 469 g/mol. The molecule has 6 heteroatoms. The van der Waals surface area contributed by atoms with E-state index >= 15 is 0 Å². The van der Waals surface area contributed by atoms with Crippen molar-refractivity contribution >= 4 is 20.9 Å². The van der Waals surface area contributed by atoms with Crippen LogP contribution in [0.5, 0.6) is 5.75 Å². The molecular weight excluding hydrogens is 434 g/mol. The lowest BCUT2D eigenvalue weighted by molar-refractivity contribution is 0.168. The third-order valence-electron chi connectivity index (χ3n) is 6.41. The van der Waals surface area contributed by atoms with E-state index in [1.54, 1.807) is 37.4 Å². The van der Waals surface area contributed by atoms with Gasteiger partial charge in [-0.15, -0.1) is 0 Å². The van der Waals surface area contributed by atoms with Gasteiger partial charge in [-0.2, -0.15) is 8.42 Å². The Bertz CT molecular complexity index is 1160. The van der Waals surface area contributed by atoms with E-state index in [9.17, 15) is 8.42 Å². The fourth-order valence-electron chi connectivity index (χ4n) is 4.41. The highest BCUT2D eigenvalue weighted by atomic mass is 32.2. The number of hydrogen-bond donors (Lipinski definition) is 0. The van der Waals surface area contributed by atoms with Crippen molar-refractivity contribution in [1.29, 1.82) is 0 Å². The van der Waals surface area contributed by atoms with E-state index in [-0.39, 0.29) is 17.5 Å². The summed E-state index contributed by atoms with van der Waals surface area (Å²) in [7, 11) is 0.0882. The van der Waals surface area contributed by atoms with Gasteiger partial charge in [0.05, 0.1) is 18.6 Å². The van der Waals surface area contributed by atoms with Crippen molar-refractivity contribution in [2.75, 3.05) is 27.3 Å². The molecule has 2 unspecified atom stereocenters. The minimum Gasteiger partial charge on any atom is -0.496 e. The Morgan fingerprint density at radius 3 is 2.42 bits per heavy atom. The molecule has 0 fully saturated rings. The predicted molar refractivity (Wildman–Crippen MR) is 134 cm³/mol. The number of rotatable bonds is 11. The first-order chi connectivity index (χ1) is 15.8. The number of benzene rings is 3. The van der Waals surface area contributed by atoms with E-state index in [1.807, 2.05) is 6.07 Å². The summed E-state index contributed by atoms with van der Waals surface area (Å²) in [5.74, 6) is 1.34. The maximum absolute atomic E-state index is 12.3. The molecule has 0 aliphatic carbocycles. The van der Waals surface area contributed by atoms with Crippen LogP contribution in [0.15, 0.2) is 65.6 Å². The molecule has 178 valence electrons. The van der Waals surface area contributed by atoms with Crippen molar-refractivity contribution < 1.29 is 17.3 Å². The Kier molecular flexibility index (Phi) is 8.51. The van der Waals surface area contributed by atoms with Crippen molar-refractivity contribution in [3.05, 3.63) is 71.8 Å². The van der Waals surface area contributed by atoms with Gasteiger partial charge in [0.25, 0.3) is 10.1 Å². The van der Waals surface area contributed by atoms with Crippen LogP contribution in [0.4, 0.5) is 0 Å². The molecule has 0 amide bonds. The molecule has 3 aromatic rings. The van der Waals surface area contributed by atoms with Crippen LogP contribution < -0.4 is 4.74 Å². The molecule has 3 aromatic carbocycles. The highest BCUT2D eigenvalue weighted by molar-refractivity contribution is 7.86. The average Bonchev–Trinajstić information content (AvgIpc) is 2.82. The minimum absolute atomic E-state index is 0.158. The Labute approximate surface area is 198 Å². The first kappa shape index (κ1) is 25.2. The summed E-state index contributed by atoms with van der Waals surface area (Å²) in [6, 6.07) is 19.3. The fourth-order valence-corrected chi connectivity index (χ4v) is 5.37. The first-order valence-corrected chi connectivity index (χ1v) is 12.9. The number of nitrogens with zero attached hydrogens (tertiary/aromatic N) is 1. The Morgan fingerprint density at radius 2 is 1.76 bits per heavy atom. The minimum atomic E-state index is -3.71. The van der Waals surface area contributed by atoms with Crippen molar-refractivity contribution in [2.24, 2.45) is 5.92 Å². The number of fused-ring (bicyclic) bond motifs is 1. The van der Waals surface area contributed by atoms with Crippen molar-refractivity contribution in [2.45, 2.75) is 44.6 Å². The van der Waals surface area contributed by atoms with Gasteiger partial charge in [-0.05, 0) is 72.5 Å². The van der Waals surface area contributed by atoms with Gasteiger partial charge in [0.2, 0.25) is 0 Å². The highest BCUT2D eigenvalue weighted by Crippen LogP contribution is 2.34. The fraction of sp³-hybridized carbons (Fsp3) is 0.407. The topological polar surface area (TPSA) is 55.8 Å². The van der Waals surface area contributed by atoms with Gasteiger partial charge in [0.1, 0.15) is 5.75 Å². The van der Waals surface area contributed by atoms with Gasteiger partial charge in [-0.25, -0.2) is 0 Å². The zero-order valence-corrected chi connectivity index (χ0v) is 21.1. The van der Waals surface area contributed by atoms with Crippen LogP contribution in [0.3, 0.4) is 0 Å². The van der Waals surface area contributed by atoms with Crippen LogP contribution in [0, 0.1) is 12.8 Å². The van der Waals surface area contributed by atoms with Crippen LogP contribution in [0.1, 0.15) is 43.9 Å².